The van der Waals surface area contributed by atoms with Crippen molar-refractivity contribution in [2.24, 2.45) is 5.92 Å². The summed E-state index contributed by atoms with van der Waals surface area (Å²) in [4.78, 5) is 28.0. The van der Waals surface area contributed by atoms with Gasteiger partial charge in [0, 0.05) is 29.5 Å². The van der Waals surface area contributed by atoms with Crippen LogP contribution in [0.4, 0.5) is 4.39 Å². The highest BCUT2D eigenvalue weighted by Gasteiger charge is 2.25. The average molecular weight is 467 g/mol. The van der Waals surface area contributed by atoms with Crippen LogP contribution in [0.15, 0.2) is 41.3 Å². The summed E-state index contributed by atoms with van der Waals surface area (Å²) in [5.74, 6) is -0.00482. The number of piperidine rings is 1. The highest BCUT2D eigenvalue weighted by molar-refractivity contribution is 7.80. The van der Waals surface area contributed by atoms with E-state index in [1.807, 2.05) is 13.0 Å². The summed E-state index contributed by atoms with van der Waals surface area (Å²) in [7, 11) is 1.53. The number of hydrogen-bond donors (Lipinski definition) is 2. The molecule has 3 rings (SSSR count). The largest absolute Gasteiger partial charge is 0.495 e. The van der Waals surface area contributed by atoms with Crippen LogP contribution in [0, 0.1) is 18.7 Å². The van der Waals surface area contributed by atoms with E-state index in [-0.39, 0.29) is 35.8 Å². The number of carbonyl (C=O) groups is 2. The van der Waals surface area contributed by atoms with Crippen molar-refractivity contribution in [3.8, 4) is 5.75 Å². The minimum Gasteiger partial charge on any atom is -0.495 e. The number of amides is 1. The smallest absolute Gasteiger partial charge is 0.255 e. The quantitative estimate of drug-likeness (QED) is 0.475. The van der Waals surface area contributed by atoms with Gasteiger partial charge < -0.3 is 15.0 Å². The summed E-state index contributed by atoms with van der Waals surface area (Å²) < 4.78 is 18.4. The first-order valence-corrected chi connectivity index (χ1v) is 10.5. The lowest BCUT2D eigenvalue weighted by Crippen LogP contribution is -2.41. The molecule has 0 radical (unpaired) electrons. The van der Waals surface area contributed by atoms with E-state index >= 15 is 0 Å². The molecule has 0 spiro atoms. The standard InChI is InChI=1S/C23H27FN2O3S.ClH/c1-15-13-19(22(29-2)20(30)14-15)23(28)25-9-12-26-10-7-17(8-11-26)21(27)16-3-5-18(24)6-4-16;/h3-6,13-14,17,30H,7-12H2,1-2H3,(H,25,28);1H. The van der Waals surface area contributed by atoms with Crippen molar-refractivity contribution in [3.05, 3.63) is 58.9 Å². The fourth-order valence-electron chi connectivity index (χ4n) is 3.83. The molecule has 1 saturated heterocycles. The molecule has 5 nitrogen and oxygen atoms in total. The molecule has 168 valence electrons. The molecule has 1 aliphatic heterocycles. The molecule has 0 bridgehead atoms. The fraction of sp³-hybridized carbons (Fsp3) is 0.391. The maximum Gasteiger partial charge on any atom is 0.255 e. The van der Waals surface area contributed by atoms with E-state index in [4.69, 9.17) is 4.74 Å². The van der Waals surface area contributed by atoms with Gasteiger partial charge in [-0.2, -0.15) is 0 Å². The summed E-state index contributed by atoms with van der Waals surface area (Å²) in [6.07, 6.45) is 1.53. The van der Waals surface area contributed by atoms with Crippen molar-refractivity contribution in [3.63, 3.8) is 0 Å². The molecule has 8 heteroatoms. The second kappa shape index (κ2) is 11.5. The van der Waals surface area contributed by atoms with E-state index < -0.39 is 0 Å². The number of carbonyl (C=O) groups excluding carboxylic acids is 2. The predicted octanol–water partition coefficient (Wildman–Crippen LogP) is 4.18. The molecule has 0 unspecified atom stereocenters. The Morgan fingerprint density at radius 3 is 2.45 bits per heavy atom. The van der Waals surface area contributed by atoms with Crippen molar-refractivity contribution < 1.29 is 18.7 Å². The molecule has 0 saturated carbocycles. The molecule has 2 aromatic carbocycles. The summed E-state index contributed by atoms with van der Waals surface area (Å²) >= 11 is 4.38. The van der Waals surface area contributed by atoms with Crippen molar-refractivity contribution in [1.29, 1.82) is 0 Å². The molecule has 1 fully saturated rings. The first-order chi connectivity index (χ1) is 14.4. The monoisotopic (exact) mass is 466 g/mol. The van der Waals surface area contributed by atoms with Crippen LogP contribution in [0.1, 0.15) is 39.1 Å². The molecule has 1 N–H and O–H groups in total. The predicted molar refractivity (Wildman–Crippen MR) is 124 cm³/mol. The Labute approximate surface area is 194 Å². The zero-order valence-corrected chi connectivity index (χ0v) is 19.4. The lowest BCUT2D eigenvalue weighted by molar-refractivity contribution is 0.0839. The van der Waals surface area contributed by atoms with Crippen LogP contribution in [-0.4, -0.2) is 49.9 Å². The van der Waals surface area contributed by atoms with E-state index in [2.05, 4.69) is 22.8 Å². The minimum absolute atomic E-state index is 0. The molecular weight excluding hydrogens is 439 g/mol. The number of methoxy groups -OCH3 is 1. The van der Waals surface area contributed by atoms with Gasteiger partial charge in [-0.25, -0.2) is 4.39 Å². The Hall–Kier alpha value is -2.09. The lowest BCUT2D eigenvalue weighted by Gasteiger charge is -2.31. The van der Waals surface area contributed by atoms with Crippen molar-refractivity contribution in [2.45, 2.75) is 24.7 Å². The molecule has 31 heavy (non-hydrogen) atoms. The lowest BCUT2D eigenvalue weighted by atomic mass is 9.89. The molecule has 1 heterocycles. The second-order valence-corrected chi connectivity index (χ2v) is 8.09. The van der Waals surface area contributed by atoms with E-state index in [1.165, 1.54) is 19.2 Å². The molecule has 1 amide bonds. The van der Waals surface area contributed by atoms with Crippen LogP contribution in [0.25, 0.3) is 0 Å². The zero-order chi connectivity index (χ0) is 21.7. The third kappa shape index (κ3) is 6.45. The Bertz CT molecular complexity index is 916. The van der Waals surface area contributed by atoms with Crippen LogP contribution in [-0.2, 0) is 0 Å². The molecule has 0 atom stereocenters. The van der Waals surface area contributed by atoms with Gasteiger partial charge in [0.2, 0.25) is 0 Å². The van der Waals surface area contributed by atoms with Crippen LogP contribution in [0.5, 0.6) is 5.75 Å². The highest BCUT2D eigenvalue weighted by Crippen LogP contribution is 2.28. The zero-order valence-electron chi connectivity index (χ0n) is 17.7. The highest BCUT2D eigenvalue weighted by atomic mass is 35.5. The van der Waals surface area contributed by atoms with Crippen molar-refractivity contribution in [1.82, 2.24) is 10.2 Å². The third-order valence-corrected chi connectivity index (χ3v) is 5.80. The topological polar surface area (TPSA) is 58.6 Å². The number of thiol groups is 1. The van der Waals surface area contributed by atoms with Crippen LogP contribution < -0.4 is 10.1 Å². The average Bonchev–Trinajstić information content (AvgIpc) is 2.73. The number of rotatable bonds is 7. The first kappa shape index (κ1) is 25.2. The SMILES string of the molecule is COc1c(S)cc(C)cc1C(=O)NCCN1CCC(C(=O)c2ccc(F)cc2)CC1.Cl. The van der Waals surface area contributed by atoms with Crippen LogP contribution >= 0.6 is 25.0 Å². The number of Topliss-reactive ketones (excluding diaryl/α,β-unsaturated/α-hetero) is 1. The Kier molecular flexibility index (Phi) is 9.34. The van der Waals surface area contributed by atoms with Gasteiger partial charge in [0.1, 0.15) is 11.6 Å². The fourth-order valence-corrected chi connectivity index (χ4v) is 4.24. The number of hydrogen-bond acceptors (Lipinski definition) is 5. The molecular formula is C23H28ClFN2O3S. The number of nitrogens with one attached hydrogen (secondary N) is 1. The van der Waals surface area contributed by atoms with E-state index in [9.17, 15) is 14.0 Å². The number of nitrogens with zero attached hydrogens (tertiary/aromatic N) is 1. The van der Waals surface area contributed by atoms with Gasteiger partial charge in [-0.15, -0.1) is 25.0 Å². The number of likely N-dealkylation sites (tertiary alicyclic amines) is 1. The first-order valence-electron chi connectivity index (χ1n) is 10.1. The molecule has 2 aromatic rings. The van der Waals surface area contributed by atoms with E-state index in [0.29, 0.717) is 34.9 Å². The minimum atomic E-state index is -0.336. The van der Waals surface area contributed by atoms with E-state index in [0.717, 1.165) is 31.5 Å². The normalized spacial score (nSPS) is 14.6. The number of ether oxygens (including phenoxy) is 1. The molecule has 0 aromatic heterocycles. The molecule has 1 aliphatic rings. The number of aryl methyl sites for hydroxylation is 1. The summed E-state index contributed by atoms with van der Waals surface area (Å²) in [5.41, 5.74) is 1.99. The summed E-state index contributed by atoms with van der Waals surface area (Å²) in [5, 5.41) is 2.94. The number of ketones is 1. The number of halogens is 2. The Morgan fingerprint density at radius 1 is 1.19 bits per heavy atom. The van der Waals surface area contributed by atoms with Crippen molar-refractivity contribution >= 4 is 36.7 Å². The van der Waals surface area contributed by atoms with Gasteiger partial charge in [-0.3, -0.25) is 9.59 Å². The maximum atomic E-state index is 13.1. The Morgan fingerprint density at radius 2 is 1.84 bits per heavy atom. The van der Waals surface area contributed by atoms with Gasteiger partial charge in [0.15, 0.2) is 5.78 Å². The van der Waals surface area contributed by atoms with Crippen LogP contribution in [0.3, 0.4) is 0 Å². The summed E-state index contributed by atoms with van der Waals surface area (Å²) in [6.45, 7) is 4.72. The Balaban J connectivity index is 0.00000341. The van der Waals surface area contributed by atoms with Crippen LogP contribution in [0.2, 0.25) is 0 Å². The second-order valence-electron chi connectivity index (χ2n) is 7.61. The third-order valence-electron chi connectivity index (χ3n) is 5.46. The maximum absolute atomic E-state index is 13.1. The van der Waals surface area contributed by atoms with Gasteiger partial charge in [0.25, 0.3) is 5.91 Å². The van der Waals surface area contributed by atoms with Gasteiger partial charge in [-0.1, -0.05) is 0 Å². The van der Waals surface area contributed by atoms with Gasteiger partial charge >= 0.3 is 0 Å². The summed E-state index contributed by atoms with van der Waals surface area (Å²) in [6, 6.07) is 9.40. The molecule has 0 aliphatic carbocycles. The van der Waals surface area contributed by atoms with Gasteiger partial charge in [0.05, 0.1) is 12.7 Å². The van der Waals surface area contributed by atoms with Gasteiger partial charge in [-0.05, 0) is 74.8 Å². The van der Waals surface area contributed by atoms with Crippen molar-refractivity contribution in [2.75, 3.05) is 33.3 Å². The number of benzene rings is 2. The van der Waals surface area contributed by atoms with E-state index in [1.54, 1.807) is 18.2 Å².